The monoisotopic (exact) mass is 357 g/mol. The Balaban J connectivity index is 1.80. The van der Waals surface area contributed by atoms with E-state index >= 15 is 0 Å². The minimum atomic E-state index is -0.560. The SMILES string of the molecule is O=C1OC(c2ccccc2)N/C1=C\C(=O)c1cccc(Br)c1. The van der Waals surface area contributed by atoms with Crippen LogP contribution in [0.4, 0.5) is 0 Å². The van der Waals surface area contributed by atoms with Crippen LogP contribution in [0, 0.1) is 0 Å². The second kappa shape index (κ2) is 6.15. The molecule has 5 heteroatoms. The number of hydrogen-bond acceptors (Lipinski definition) is 4. The number of hydrogen-bond donors (Lipinski definition) is 1. The molecule has 1 aliphatic heterocycles. The fourth-order valence-corrected chi connectivity index (χ4v) is 2.54. The van der Waals surface area contributed by atoms with Gasteiger partial charge in [-0.05, 0) is 12.1 Å². The minimum Gasteiger partial charge on any atom is -0.433 e. The van der Waals surface area contributed by atoms with Gasteiger partial charge in [0.05, 0.1) is 0 Å². The largest absolute Gasteiger partial charge is 0.433 e. The zero-order chi connectivity index (χ0) is 15.5. The zero-order valence-electron chi connectivity index (χ0n) is 11.5. The number of benzene rings is 2. The molecule has 0 amide bonds. The molecular weight excluding hydrogens is 346 g/mol. The maximum atomic E-state index is 12.2. The Morgan fingerprint density at radius 1 is 1.14 bits per heavy atom. The van der Waals surface area contributed by atoms with Gasteiger partial charge in [0.25, 0.3) is 0 Å². The molecule has 1 atom stereocenters. The van der Waals surface area contributed by atoms with Crippen LogP contribution < -0.4 is 5.32 Å². The van der Waals surface area contributed by atoms with Crippen LogP contribution in [0.3, 0.4) is 0 Å². The Morgan fingerprint density at radius 3 is 2.64 bits per heavy atom. The highest BCUT2D eigenvalue weighted by Gasteiger charge is 2.29. The molecule has 2 aromatic rings. The molecule has 0 bridgehead atoms. The fourth-order valence-electron chi connectivity index (χ4n) is 2.14. The van der Waals surface area contributed by atoms with Crippen LogP contribution in [0.2, 0.25) is 0 Å². The summed E-state index contributed by atoms with van der Waals surface area (Å²) in [6.45, 7) is 0. The smallest absolute Gasteiger partial charge is 0.356 e. The summed E-state index contributed by atoms with van der Waals surface area (Å²) >= 11 is 3.31. The van der Waals surface area contributed by atoms with Crippen molar-refractivity contribution in [3.8, 4) is 0 Å². The average Bonchev–Trinajstić information content (AvgIpc) is 2.89. The molecule has 0 aromatic heterocycles. The molecule has 3 rings (SSSR count). The Morgan fingerprint density at radius 2 is 1.91 bits per heavy atom. The molecule has 0 aliphatic carbocycles. The molecular formula is C17H12BrNO3. The number of nitrogens with one attached hydrogen (secondary N) is 1. The molecule has 1 N–H and O–H groups in total. The van der Waals surface area contributed by atoms with E-state index < -0.39 is 12.2 Å². The van der Waals surface area contributed by atoms with Gasteiger partial charge >= 0.3 is 5.97 Å². The van der Waals surface area contributed by atoms with E-state index in [-0.39, 0.29) is 11.5 Å². The summed E-state index contributed by atoms with van der Waals surface area (Å²) in [5, 5.41) is 2.93. The van der Waals surface area contributed by atoms with Gasteiger partial charge in [-0.25, -0.2) is 4.79 Å². The normalized spacial score (nSPS) is 18.9. The number of ketones is 1. The van der Waals surface area contributed by atoms with Gasteiger partial charge in [-0.2, -0.15) is 0 Å². The highest BCUT2D eigenvalue weighted by atomic mass is 79.9. The van der Waals surface area contributed by atoms with Crippen molar-refractivity contribution >= 4 is 27.7 Å². The van der Waals surface area contributed by atoms with Crippen LogP contribution in [0.15, 0.2) is 70.8 Å². The lowest BCUT2D eigenvalue weighted by Gasteiger charge is -2.08. The van der Waals surface area contributed by atoms with Crippen LogP contribution in [0.5, 0.6) is 0 Å². The summed E-state index contributed by atoms with van der Waals surface area (Å²) in [4.78, 5) is 24.1. The summed E-state index contributed by atoms with van der Waals surface area (Å²) in [5.41, 5.74) is 1.49. The predicted octanol–water partition coefficient (Wildman–Crippen LogP) is 3.36. The summed E-state index contributed by atoms with van der Waals surface area (Å²) in [7, 11) is 0. The first-order chi connectivity index (χ1) is 10.6. The summed E-state index contributed by atoms with van der Waals surface area (Å²) in [6.07, 6.45) is 0.711. The van der Waals surface area contributed by atoms with E-state index in [2.05, 4.69) is 21.2 Å². The number of halogens is 1. The first-order valence-corrected chi connectivity index (χ1v) is 7.47. The standard InChI is InChI=1S/C17H12BrNO3/c18-13-8-4-7-12(9-13)15(20)10-14-17(21)22-16(19-14)11-5-2-1-3-6-11/h1-10,16,19H/b14-10-. The van der Waals surface area contributed by atoms with Crippen LogP contribution >= 0.6 is 15.9 Å². The number of esters is 1. The first-order valence-electron chi connectivity index (χ1n) is 6.67. The molecule has 22 heavy (non-hydrogen) atoms. The van der Waals surface area contributed by atoms with Gasteiger partial charge in [0, 0.05) is 21.7 Å². The Kier molecular flexibility index (Phi) is 4.06. The molecule has 110 valence electrons. The van der Waals surface area contributed by atoms with Gasteiger partial charge in [-0.15, -0.1) is 0 Å². The van der Waals surface area contributed by atoms with Crippen LogP contribution in [-0.4, -0.2) is 11.8 Å². The van der Waals surface area contributed by atoms with Crippen molar-refractivity contribution in [3.63, 3.8) is 0 Å². The molecule has 0 saturated carbocycles. The minimum absolute atomic E-state index is 0.166. The van der Waals surface area contributed by atoms with Gasteiger partial charge < -0.3 is 10.1 Å². The molecule has 0 spiro atoms. The average molecular weight is 358 g/mol. The van der Waals surface area contributed by atoms with Crippen molar-refractivity contribution in [2.24, 2.45) is 0 Å². The van der Waals surface area contributed by atoms with Crippen molar-refractivity contribution in [2.45, 2.75) is 6.23 Å². The molecule has 1 fully saturated rings. The highest BCUT2D eigenvalue weighted by molar-refractivity contribution is 9.10. The van der Waals surface area contributed by atoms with Crippen molar-refractivity contribution < 1.29 is 14.3 Å². The van der Waals surface area contributed by atoms with Gasteiger partial charge in [-0.1, -0.05) is 58.4 Å². The summed E-state index contributed by atoms with van der Waals surface area (Å²) < 4.78 is 6.05. The molecule has 1 heterocycles. The molecule has 4 nitrogen and oxygen atoms in total. The van der Waals surface area contributed by atoms with Crippen LogP contribution in [-0.2, 0) is 9.53 Å². The Hall–Kier alpha value is -2.40. The number of carbonyl (C=O) groups excluding carboxylic acids is 2. The molecule has 2 aromatic carbocycles. The third-order valence-electron chi connectivity index (χ3n) is 3.22. The lowest BCUT2D eigenvalue weighted by molar-refractivity contribution is -0.139. The third-order valence-corrected chi connectivity index (χ3v) is 3.71. The molecule has 1 aliphatic rings. The van der Waals surface area contributed by atoms with Crippen molar-refractivity contribution in [1.29, 1.82) is 0 Å². The lowest BCUT2D eigenvalue weighted by Crippen LogP contribution is -2.14. The lowest BCUT2D eigenvalue weighted by atomic mass is 10.1. The number of carbonyl (C=O) groups is 2. The van der Waals surface area contributed by atoms with E-state index in [0.29, 0.717) is 5.56 Å². The van der Waals surface area contributed by atoms with Gasteiger partial charge in [0.15, 0.2) is 12.0 Å². The van der Waals surface area contributed by atoms with Crippen molar-refractivity contribution in [2.75, 3.05) is 0 Å². The van der Waals surface area contributed by atoms with E-state index in [0.717, 1.165) is 10.0 Å². The van der Waals surface area contributed by atoms with Gasteiger partial charge in [-0.3, -0.25) is 4.79 Å². The predicted molar refractivity (Wildman–Crippen MR) is 85.0 cm³/mol. The van der Waals surface area contributed by atoms with E-state index in [9.17, 15) is 9.59 Å². The zero-order valence-corrected chi connectivity index (χ0v) is 13.0. The van der Waals surface area contributed by atoms with E-state index in [1.807, 2.05) is 36.4 Å². The first kappa shape index (κ1) is 14.5. The van der Waals surface area contributed by atoms with Crippen LogP contribution in [0.1, 0.15) is 22.1 Å². The van der Waals surface area contributed by atoms with Gasteiger partial charge in [0.2, 0.25) is 0 Å². The van der Waals surface area contributed by atoms with E-state index in [4.69, 9.17) is 4.74 Å². The second-order valence-corrected chi connectivity index (χ2v) is 5.69. The highest BCUT2D eigenvalue weighted by Crippen LogP contribution is 2.23. The maximum absolute atomic E-state index is 12.2. The van der Waals surface area contributed by atoms with Crippen LogP contribution in [0.25, 0.3) is 0 Å². The number of cyclic esters (lactones) is 1. The second-order valence-electron chi connectivity index (χ2n) is 4.77. The Labute approximate surface area is 135 Å². The Bertz CT molecular complexity index is 756. The third kappa shape index (κ3) is 3.09. The maximum Gasteiger partial charge on any atom is 0.356 e. The van der Waals surface area contributed by atoms with E-state index in [1.165, 1.54) is 6.08 Å². The topological polar surface area (TPSA) is 55.4 Å². The molecule has 0 radical (unpaired) electrons. The summed E-state index contributed by atoms with van der Waals surface area (Å²) in [6, 6.07) is 16.3. The van der Waals surface area contributed by atoms with Gasteiger partial charge in [0.1, 0.15) is 5.70 Å². The van der Waals surface area contributed by atoms with E-state index in [1.54, 1.807) is 18.2 Å². The fraction of sp³-hybridized carbons (Fsp3) is 0.0588. The number of allylic oxidation sites excluding steroid dienone is 1. The number of rotatable bonds is 3. The van der Waals surface area contributed by atoms with Crippen molar-refractivity contribution in [3.05, 3.63) is 82.0 Å². The molecule has 1 unspecified atom stereocenters. The number of ether oxygens (including phenoxy) is 1. The van der Waals surface area contributed by atoms with Crippen molar-refractivity contribution in [1.82, 2.24) is 5.32 Å². The quantitative estimate of drug-likeness (QED) is 0.519. The summed E-state index contributed by atoms with van der Waals surface area (Å²) in [5.74, 6) is -0.785. The molecule has 1 saturated heterocycles.